The third-order valence-electron chi connectivity index (χ3n) is 5.35. The lowest BCUT2D eigenvalue weighted by Crippen LogP contribution is -2.28. The van der Waals surface area contributed by atoms with Gasteiger partial charge >= 0.3 is 0 Å². The van der Waals surface area contributed by atoms with Crippen LogP contribution in [0.4, 0.5) is 0 Å². The van der Waals surface area contributed by atoms with Gasteiger partial charge in [0.25, 0.3) is 5.91 Å². The van der Waals surface area contributed by atoms with Gasteiger partial charge < -0.3 is 9.64 Å². The summed E-state index contributed by atoms with van der Waals surface area (Å²) in [5.74, 6) is 1.46. The second-order valence-electron chi connectivity index (χ2n) is 7.38. The predicted octanol–water partition coefficient (Wildman–Crippen LogP) is 4.77. The van der Waals surface area contributed by atoms with Crippen molar-refractivity contribution >= 4 is 29.3 Å². The average molecular weight is 457 g/mol. The molecule has 0 saturated carbocycles. The van der Waals surface area contributed by atoms with Crippen molar-refractivity contribution in [1.82, 2.24) is 19.7 Å². The van der Waals surface area contributed by atoms with E-state index in [9.17, 15) is 4.79 Å². The highest BCUT2D eigenvalue weighted by Gasteiger charge is 2.22. The molecule has 1 aliphatic heterocycles. The average Bonchev–Trinajstić information content (AvgIpc) is 3.47. The van der Waals surface area contributed by atoms with E-state index in [1.54, 1.807) is 18.9 Å². The smallest absolute Gasteiger partial charge is 0.254 e. The zero-order valence-electron chi connectivity index (χ0n) is 17.5. The number of ether oxygens (including phenoxy) is 1. The highest BCUT2D eigenvalue weighted by molar-refractivity contribution is 7.98. The quantitative estimate of drug-likeness (QED) is 0.457. The molecule has 6 nitrogen and oxygen atoms in total. The maximum absolute atomic E-state index is 13.0. The Morgan fingerprint density at radius 2 is 1.84 bits per heavy atom. The molecular formula is C23H25ClN4O2S. The van der Waals surface area contributed by atoms with E-state index in [1.807, 2.05) is 58.0 Å². The van der Waals surface area contributed by atoms with Gasteiger partial charge in [-0.2, -0.15) is 0 Å². The zero-order valence-corrected chi connectivity index (χ0v) is 19.0. The van der Waals surface area contributed by atoms with Crippen LogP contribution in [0, 0.1) is 0 Å². The Kier molecular flexibility index (Phi) is 7.27. The molecule has 2 heterocycles. The van der Waals surface area contributed by atoms with Gasteiger partial charge in [-0.25, -0.2) is 0 Å². The molecule has 2 aromatic carbocycles. The third kappa shape index (κ3) is 4.95. The molecule has 162 valence electrons. The number of halogens is 1. The van der Waals surface area contributed by atoms with Gasteiger partial charge in [-0.1, -0.05) is 53.7 Å². The van der Waals surface area contributed by atoms with Gasteiger partial charge in [0.1, 0.15) is 0 Å². The summed E-state index contributed by atoms with van der Waals surface area (Å²) in [7, 11) is 1.67. The van der Waals surface area contributed by atoms with Crippen molar-refractivity contribution < 1.29 is 9.53 Å². The zero-order chi connectivity index (χ0) is 21.6. The number of methoxy groups -OCH3 is 1. The first-order valence-electron chi connectivity index (χ1n) is 10.4. The minimum Gasteiger partial charge on any atom is -0.383 e. The second kappa shape index (κ2) is 10.3. The first-order chi connectivity index (χ1) is 15.2. The molecule has 31 heavy (non-hydrogen) atoms. The minimum atomic E-state index is 0.117. The number of benzene rings is 2. The number of hydrogen-bond acceptors (Lipinski definition) is 5. The number of thioether (sulfide) groups is 1. The van der Waals surface area contributed by atoms with Gasteiger partial charge in [0, 0.05) is 37.1 Å². The topological polar surface area (TPSA) is 60.2 Å². The van der Waals surface area contributed by atoms with Crippen LogP contribution in [0.25, 0.3) is 11.4 Å². The first-order valence-corrected chi connectivity index (χ1v) is 11.7. The van der Waals surface area contributed by atoms with E-state index in [1.165, 1.54) is 0 Å². The van der Waals surface area contributed by atoms with Crippen molar-refractivity contribution in [2.75, 3.05) is 26.8 Å². The van der Waals surface area contributed by atoms with E-state index in [-0.39, 0.29) is 5.91 Å². The summed E-state index contributed by atoms with van der Waals surface area (Å²) in [6, 6.07) is 15.4. The van der Waals surface area contributed by atoms with Crippen LogP contribution in [0.3, 0.4) is 0 Å². The van der Waals surface area contributed by atoms with Crippen LogP contribution >= 0.6 is 23.4 Å². The summed E-state index contributed by atoms with van der Waals surface area (Å²) in [6.07, 6.45) is 2.16. The second-order valence-corrected chi connectivity index (χ2v) is 8.73. The molecule has 0 spiro atoms. The minimum absolute atomic E-state index is 0.117. The predicted molar refractivity (Wildman–Crippen MR) is 123 cm³/mol. The van der Waals surface area contributed by atoms with Crippen LogP contribution in [0.15, 0.2) is 53.7 Å². The van der Waals surface area contributed by atoms with Crippen LogP contribution in [-0.2, 0) is 17.0 Å². The Morgan fingerprint density at radius 3 is 2.61 bits per heavy atom. The molecule has 3 aromatic rings. The Bertz CT molecular complexity index is 1050. The van der Waals surface area contributed by atoms with Crippen LogP contribution in [-0.4, -0.2) is 52.4 Å². The molecule has 8 heteroatoms. The number of carbonyl (C=O) groups is 1. The fourth-order valence-corrected chi connectivity index (χ4v) is 4.90. The molecule has 1 saturated heterocycles. The molecule has 0 atom stereocenters. The van der Waals surface area contributed by atoms with E-state index in [2.05, 4.69) is 10.2 Å². The molecule has 1 fully saturated rings. The van der Waals surface area contributed by atoms with Crippen LogP contribution in [0.2, 0.25) is 5.02 Å². The van der Waals surface area contributed by atoms with Crippen molar-refractivity contribution in [2.24, 2.45) is 0 Å². The normalized spacial score (nSPS) is 13.7. The van der Waals surface area contributed by atoms with Gasteiger partial charge in [-0.15, -0.1) is 10.2 Å². The fraction of sp³-hybridized carbons (Fsp3) is 0.348. The SMILES string of the molecule is COCCn1c(SCc2ccccc2C(=O)N2CCCC2)nnc1-c1ccccc1Cl. The number of amides is 1. The summed E-state index contributed by atoms with van der Waals surface area (Å²) in [4.78, 5) is 14.9. The summed E-state index contributed by atoms with van der Waals surface area (Å²) < 4.78 is 7.32. The maximum Gasteiger partial charge on any atom is 0.254 e. The first kappa shape index (κ1) is 21.9. The molecule has 1 aliphatic rings. The third-order valence-corrected chi connectivity index (χ3v) is 6.69. The van der Waals surface area contributed by atoms with Gasteiger partial charge in [0.2, 0.25) is 0 Å². The van der Waals surface area contributed by atoms with E-state index in [4.69, 9.17) is 16.3 Å². The Morgan fingerprint density at radius 1 is 1.10 bits per heavy atom. The van der Waals surface area contributed by atoms with E-state index in [0.29, 0.717) is 29.8 Å². The fourth-order valence-electron chi connectivity index (χ4n) is 3.71. The molecule has 0 bridgehead atoms. The number of nitrogens with zero attached hydrogens (tertiary/aromatic N) is 4. The van der Waals surface area contributed by atoms with Gasteiger partial charge in [0.15, 0.2) is 11.0 Å². The molecule has 0 radical (unpaired) electrons. The lowest BCUT2D eigenvalue weighted by Gasteiger charge is -2.17. The van der Waals surface area contributed by atoms with Gasteiger partial charge in [0.05, 0.1) is 18.2 Å². The summed E-state index contributed by atoms with van der Waals surface area (Å²) in [6.45, 7) is 2.83. The van der Waals surface area contributed by atoms with Crippen molar-refractivity contribution in [3.63, 3.8) is 0 Å². The van der Waals surface area contributed by atoms with Crippen LogP contribution in [0.1, 0.15) is 28.8 Å². The van der Waals surface area contributed by atoms with Gasteiger partial charge in [-0.3, -0.25) is 9.36 Å². The van der Waals surface area contributed by atoms with E-state index in [0.717, 1.165) is 47.8 Å². The standard InChI is InChI=1S/C23H25ClN4O2S/c1-30-15-14-28-21(19-10-4-5-11-20(19)24)25-26-23(28)31-16-17-8-2-3-9-18(17)22(29)27-12-6-7-13-27/h2-5,8-11H,6-7,12-16H2,1H3. The summed E-state index contributed by atoms with van der Waals surface area (Å²) >= 11 is 7.97. The number of aromatic nitrogens is 3. The Labute approximate surface area is 191 Å². The lowest BCUT2D eigenvalue weighted by atomic mass is 10.1. The molecule has 1 aromatic heterocycles. The number of likely N-dealkylation sites (tertiary alicyclic amines) is 1. The summed E-state index contributed by atoms with van der Waals surface area (Å²) in [5.41, 5.74) is 2.61. The number of rotatable bonds is 8. The molecular weight excluding hydrogens is 432 g/mol. The molecule has 0 unspecified atom stereocenters. The monoisotopic (exact) mass is 456 g/mol. The van der Waals surface area contributed by atoms with Crippen molar-refractivity contribution in [2.45, 2.75) is 30.3 Å². The number of hydrogen-bond donors (Lipinski definition) is 0. The summed E-state index contributed by atoms with van der Waals surface area (Å²) in [5, 5.41) is 10.2. The largest absolute Gasteiger partial charge is 0.383 e. The highest BCUT2D eigenvalue weighted by Crippen LogP contribution is 2.31. The lowest BCUT2D eigenvalue weighted by molar-refractivity contribution is 0.0792. The van der Waals surface area contributed by atoms with Crippen LogP contribution < -0.4 is 0 Å². The maximum atomic E-state index is 13.0. The Balaban J connectivity index is 1.58. The van der Waals surface area contributed by atoms with Crippen molar-refractivity contribution in [3.8, 4) is 11.4 Å². The molecule has 4 rings (SSSR count). The Hall–Kier alpha value is -2.35. The van der Waals surface area contributed by atoms with E-state index < -0.39 is 0 Å². The van der Waals surface area contributed by atoms with Crippen molar-refractivity contribution in [1.29, 1.82) is 0 Å². The highest BCUT2D eigenvalue weighted by atomic mass is 35.5. The molecule has 1 amide bonds. The van der Waals surface area contributed by atoms with Gasteiger partial charge in [-0.05, 0) is 36.6 Å². The van der Waals surface area contributed by atoms with E-state index >= 15 is 0 Å². The van der Waals surface area contributed by atoms with Crippen molar-refractivity contribution in [3.05, 3.63) is 64.7 Å². The molecule has 0 aliphatic carbocycles. The number of carbonyl (C=O) groups excluding carboxylic acids is 1. The van der Waals surface area contributed by atoms with Crippen LogP contribution in [0.5, 0.6) is 0 Å². The molecule has 0 N–H and O–H groups in total.